The number of methoxy groups -OCH3 is 2. The molecule has 0 unspecified atom stereocenters. The number of benzene rings is 2. The molecule has 2 aromatic carbocycles. The fraction of sp³-hybridized carbons (Fsp3) is 0.379. The van der Waals surface area contributed by atoms with Crippen molar-refractivity contribution in [3.63, 3.8) is 0 Å². The highest BCUT2D eigenvalue weighted by molar-refractivity contribution is 6.04. The fourth-order valence-electron chi connectivity index (χ4n) is 5.00. The summed E-state index contributed by atoms with van der Waals surface area (Å²) in [5.41, 5.74) is 3.71. The number of hydrogen-bond donors (Lipinski definition) is 1. The Hall–Kier alpha value is -3.61. The lowest BCUT2D eigenvalue weighted by Crippen LogP contribution is -2.36. The molecule has 0 fully saturated rings. The highest BCUT2D eigenvalue weighted by atomic mass is 19.1. The second-order valence-corrected chi connectivity index (χ2v) is 9.31. The van der Waals surface area contributed by atoms with Gasteiger partial charge in [-0.05, 0) is 68.0 Å². The normalized spacial score (nSPS) is 20.4. The van der Waals surface area contributed by atoms with E-state index in [4.69, 9.17) is 14.2 Å². The number of dihydropyridines is 1. The number of esters is 1. The molecule has 0 amide bonds. The summed E-state index contributed by atoms with van der Waals surface area (Å²) in [7, 11) is 3.16. The van der Waals surface area contributed by atoms with E-state index in [1.807, 2.05) is 32.0 Å². The zero-order chi connectivity index (χ0) is 26.0. The molecule has 2 aliphatic rings. The first-order valence-corrected chi connectivity index (χ1v) is 12.2. The van der Waals surface area contributed by atoms with Crippen LogP contribution in [0.1, 0.15) is 63.0 Å². The van der Waals surface area contributed by atoms with Gasteiger partial charge in [0.05, 0.1) is 25.9 Å². The lowest BCUT2D eigenvalue weighted by molar-refractivity contribution is -0.144. The molecule has 36 heavy (non-hydrogen) atoms. The Balaban J connectivity index is 1.76. The van der Waals surface area contributed by atoms with E-state index in [1.54, 1.807) is 33.3 Å². The summed E-state index contributed by atoms with van der Waals surface area (Å²) in [6.45, 7) is 5.56. The Labute approximate surface area is 211 Å². The second kappa shape index (κ2) is 10.6. The Morgan fingerprint density at radius 1 is 1.08 bits per heavy atom. The molecule has 190 valence electrons. The third-order valence-corrected chi connectivity index (χ3v) is 6.99. The number of rotatable bonds is 7. The third-order valence-electron chi connectivity index (χ3n) is 6.99. The molecule has 6 nitrogen and oxygen atoms in total. The van der Waals surface area contributed by atoms with Crippen LogP contribution in [0.2, 0.25) is 0 Å². The van der Waals surface area contributed by atoms with Gasteiger partial charge in [0.15, 0.2) is 17.3 Å². The van der Waals surface area contributed by atoms with E-state index in [2.05, 4.69) is 5.32 Å². The van der Waals surface area contributed by atoms with Gasteiger partial charge in [-0.15, -0.1) is 0 Å². The van der Waals surface area contributed by atoms with Crippen LogP contribution in [0.3, 0.4) is 0 Å². The standard InChI is InChI=1S/C29H32FNO5/c1-6-16(2)36-29(33)26-17(3)31-22-13-20(18-10-11-24(34-4)25(15-18)35-5)14-23(32)28(22)27(26)19-8-7-9-21(30)12-19/h7-12,15-16,20,27,31H,6,13-14H2,1-5H3/t16-,20-,27-/m0/s1. The van der Waals surface area contributed by atoms with Crippen LogP contribution in [0.25, 0.3) is 0 Å². The Morgan fingerprint density at radius 2 is 1.83 bits per heavy atom. The van der Waals surface area contributed by atoms with Crippen molar-refractivity contribution in [1.29, 1.82) is 0 Å². The predicted octanol–water partition coefficient (Wildman–Crippen LogP) is 5.55. The summed E-state index contributed by atoms with van der Waals surface area (Å²) in [5.74, 6) is -0.572. The molecule has 0 saturated heterocycles. The van der Waals surface area contributed by atoms with Gasteiger partial charge >= 0.3 is 5.97 Å². The van der Waals surface area contributed by atoms with E-state index in [-0.39, 0.29) is 24.2 Å². The van der Waals surface area contributed by atoms with Gasteiger partial charge < -0.3 is 19.5 Å². The van der Waals surface area contributed by atoms with Crippen LogP contribution in [-0.2, 0) is 14.3 Å². The Kier molecular flexibility index (Phi) is 7.48. The molecule has 1 aliphatic heterocycles. The summed E-state index contributed by atoms with van der Waals surface area (Å²) in [6, 6.07) is 11.8. The number of ether oxygens (including phenoxy) is 3. The number of carbonyl (C=O) groups is 2. The molecule has 3 atom stereocenters. The molecule has 1 N–H and O–H groups in total. The summed E-state index contributed by atoms with van der Waals surface area (Å²) in [5, 5.41) is 3.32. The van der Waals surface area contributed by atoms with Gasteiger partial charge in [0.2, 0.25) is 0 Å². The predicted molar refractivity (Wildman–Crippen MR) is 134 cm³/mol. The molecule has 0 spiro atoms. The van der Waals surface area contributed by atoms with Gasteiger partial charge in [-0.3, -0.25) is 4.79 Å². The first-order valence-electron chi connectivity index (χ1n) is 12.2. The van der Waals surface area contributed by atoms with Gasteiger partial charge in [-0.25, -0.2) is 9.18 Å². The van der Waals surface area contributed by atoms with Crippen LogP contribution in [0, 0.1) is 5.82 Å². The minimum absolute atomic E-state index is 0.0841. The minimum Gasteiger partial charge on any atom is -0.493 e. The molecule has 0 saturated carbocycles. The van der Waals surface area contributed by atoms with Crippen molar-refractivity contribution in [3.8, 4) is 11.5 Å². The zero-order valence-electron chi connectivity index (χ0n) is 21.3. The van der Waals surface area contributed by atoms with Crippen LogP contribution >= 0.6 is 0 Å². The number of nitrogens with one attached hydrogen (secondary N) is 1. The van der Waals surface area contributed by atoms with Crippen molar-refractivity contribution in [2.24, 2.45) is 0 Å². The van der Waals surface area contributed by atoms with E-state index in [0.717, 1.165) is 11.3 Å². The van der Waals surface area contributed by atoms with E-state index in [9.17, 15) is 14.0 Å². The van der Waals surface area contributed by atoms with E-state index >= 15 is 0 Å². The SMILES string of the molecule is CC[C@H](C)OC(=O)C1=C(C)NC2=C(C(=O)C[C@@H](c3ccc(OC)c(OC)c3)C2)[C@H]1c1cccc(F)c1. The molecule has 7 heteroatoms. The molecule has 0 bridgehead atoms. The van der Waals surface area contributed by atoms with Crippen molar-refractivity contribution in [3.05, 3.63) is 81.9 Å². The molecule has 0 aromatic heterocycles. The van der Waals surface area contributed by atoms with Crippen molar-refractivity contribution in [1.82, 2.24) is 5.32 Å². The lowest BCUT2D eigenvalue weighted by Gasteiger charge is -2.37. The zero-order valence-corrected chi connectivity index (χ0v) is 21.3. The monoisotopic (exact) mass is 493 g/mol. The minimum atomic E-state index is -0.702. The first kappa shape index (κ1) is 25.5. The van der Waals surface area contributed by atoms with Gasteiger partial charge in [0.1, 0.15) is 5.82 Å². The molecular weight excluding hydrogens is 461 g/mol. The molecule has 0 radical (unpaired) electrons. The molecule has 4 rings (SSSR count). The topological polar surface area (TPSA) is 73.9 Å². The summed E-state index contributed by atoms with van der Waals surface area (Å²) in [4.78, 5) is 27.0. The number of Topliss-reactive ketones (excluding diaryl/α,β-unsaturated/α-hetero) is 1. The summed E-state index contributed by atoms with van der Waals surface area (Å²) >= 11 is 0. The number of ketones is 1. The van der Waals surface area contributed by atoms with Gasteiger partial charge in [0, 0.05) is 29.3 Å². The van der Waals surface area contributed by atoms with Crippen molar-refractivity contribution in [2.45, 2.75) is 58.0 Å². The first-order chi connectivity index (χ1) is 17.3. The van der Waals surface area contributed by atoms with Gasteiger partial charge in [-0.2, -0.15) is 0 Å². The van der Waals surface area contributed by atoms with Crippen LogP contribution in [-0.4, -0.2) is 32.1 Å². The van der Waals surface area contributed by atoms with Crippen molar-refractivity contribution >= 4 is 11.8 Å². The molecule has 2 aromatic rings. The number of halogens is 1. The highest BCUT2D eigenvalue weighted by Gasteiger charge is 2.41. The number of hydrogen-bond acceptors (Lipinski definition) is 6. The quantitative estimate of drug-likeness (QED) is 0.510. The van der Waals surface area contributed by atoms with Crippen molar-refractivity contribution < 1.29 is 28.2 Å². The number of carbonyl (C=O) groups excluding carboxylic acids is 2. The molecule has 1 heterocycles. The van der Waals surface area contributed by atoms with Crippen molar-refractivity contribution in [2.75, 3.05) is 14.2 Å². The van der Waals surface area contributed by atoms with E-state index in [0.29, 0.717) is 46.7 Å². The maximum absolute atomic E-state index is 14.3. The smallest absolute Gasteiger partial charge is 0.337 e. The van der Waals surface area contributed by atoms with Crippen LogP contribution < -0.4 is 14.8 Å². The van der Waals surface area contributed by atoms with Crippen LogP contribution in [0.15, 0.2) is 65.0 Å². The third kappa shape index (κ3) is 4.87. The van der Waals surface area contributed by atoms with E-state index < -0.39 is 17.7 Å². The number of allylic oxidation sites excluding steroid dienone is 3. The highest BCUT2D eigenvalue weighted by Crippen LogP contribution is 2.46. The second-order valence-electron chi connectivity index (χ2n) is 9.31. The van der Waals surface area contributed by atoms with E-state index in [1.165, 1.54) is 12.1 Å². The lowest BCUT2D eigenvalue weighted by atomic mass is 9.71. The fourth-order valence-corrected chi connectivity index (χ4v) is 5.00. The Bertz CT molecular complexity index is 1250. The maximum Gasteiger partial charge on any atom is 0.337 e. The summed E-state index contributed by atoms with van der Waals surface area (Å²) in [6.07, 6.45) is 1.20. The molecule has 1 aliphatic carbocycles. The maximum atomic E-state index is 14.3. The largest absolute Gasteiger partial charge is 0.493 e. The van der Waals surface area contributed by atoms with Gasteiger partial charge in [-0.1, -0.05) is 25.1 Å². The summed E-state index contributed by atoms with van der Waals surface area (Å²) < 4.78 is 30.7. The van der Waals surface area contributed by atoms with Crippen LogP contribution in [0.5, 0.6) is 11.5 Å². The molecular formula is C29H32FNO5. The van der Waals surface area contributed by atoms with Crippen LogP contribution in [0.4, 0.5) is 4.39 Å². The average molecular weight is 494 g/mol. The Morgan fingerprint density at radius 3 is 2.50 bits per heavy atom. The average Bonchev–Trinajstić information content (AvgIpc) is 2.86. The van der Waals surface area contributed by atoms with Gasteiger partial charge in [0.25, 0.3) is 0 Å².